The Hall–Kier alpha value is -1.60. The second kappa shape index (κ2) is 5.65. The van der Waals surface area contributed by atoms with Gasteiger partial charge in [-0.05, 0) is 24.3 Å². The lowest BCUT2D eigenvalue weighted by molar-refractivity contribution is -0.385. The average Bonchev–Trinajstić information content (AvgIpc) is 2.41. The number of amides is 1. The third-order valence-electron chi connectivity index (χ3n) is 3.92. The van der Waals surface area contributed by atoms with Crippen LogP contribution >= 0.6 is 11.8 Å². The van der Waals surface area contributed by atoms with Crippen molar-refractivity contribution in [3.63, 3.8) is 0 Å². The highest BCUT2D eigenvalue weighted by Crippen LogP contribution is 2.32. The van der Waals surface area contributed by atoms with Gasteiger partial charge in [0.25, 0.3) is 11.6 Å². The lowest BCUT2D eigenvalue weighted by atomic mass is 9.82. The van der Waals surface area contributed by atoms with Gasteiger partial charge in [-0.2, -0.15) is 0 Å². The zero-order chi connectivity index (χ0) is 15.8. The first-order valence-electron chi connectivity index (χ1n) is 6.62. The molecule has 1 heterocycles. The van der Waals surface area contributed by atoms with E-state index in [1.165, 1.54) is 28.8 Å². The van der Waals surface area contributed by atoms with Gasteiger partial charge in [-0.3, -0.25) is 14.9 Å². The van der Waals surface area contributed by atoms with Gasteiger partial charge in [-0.15, -0.1) is 11.8 Å². The summed E-state index contributed by atoms with van der Waals surface area (Å²) in [6.45, 7) is 4.20. The van der Waals surface area contributed by atoms with Crippen LogP contribution in [0, 0.1) is 16.0 Å². The normalized spacial score (nSPS) is 16.7. The predicted octanol–water partition coefficient (Wildman–Crippen LogP) is 2.16. The van der Waals surface area contributed by atoms with Crippen molar-refractivity contribution in [1.82, 2.24) is 4.90 Å². The summed E-state index contributed by atoms with van der Waals surface area (Å²) >= 11 is 1.42. The van der Waals surface area contributed by atoms with Crippen LogP contribution in [0.25, 0.3) is 0 Å². The molecule has 0 bridgehead atoms. The van der Waals surface area contributed by atoms with E-state index < -0.39 is 16.4 Å². The maximum atomic E-state index is 12.4. The van der Waals surface area contributed by atoms with E-state index >= 15 is 0 Å². The van der Waals surface area contributed by atoms with E-state index in [9.17, 15) is 20.0 Å². The Morgan fingerprint density at radius 3 is 2.57 bits per heavy atom. The summed E-state index contributed by atoms with van der Waals surface area (Å²) in [6.07, 6.45) is 1.84. The van der Waals surface area contributed by atoms with Gasteiger partial charge < -0.3 is 10.0 Å². The van der Waals surface area contributed by atoms with Gasteiger partial charge in [-0.1, -0.05) is 13.8 Å². The van der Waals surface area contributed by atoms with Crippen LogP contribution in [0.3, 0.4) is 0 Å². The number of aliphatic hydroxyl groups is 1. The van der Waals surface area contributed by atoms with Crippen molar-refractivity contribution in [2.75, 3.05) is 19.3 Å². The molecule has 0 atom stereocenters. The number of nitro groups is 1. The van der Waals surface area contributed by atoms with E-state index in [0.717, 1.165) is 4.90 Å². The molecular formula is C14H18N2O4S. The van der Waals surface area contributed by atoms with Crippen LogP contribution in [0.1, 0.15) is 24.2 Å². The average molecular weight is 310 g/mol. The maximum Gasteiger partial charge on any atom is 0.282 e. The number of nitrogens with zero attached hydrogens (tertiary/aromatic N) is 2. The molecule has 0 unspecified atom stereocenters. The fourth-order valence-corrected chi connectivity index (χ4v) is 2.71. The highest BCUT2D eigenvalue weighted by molar-refractivity contribution is 7.98. The number of likely N-dealkylation sites (tertiary alicyclic amines) is 1. The fourth-order valence-electron chi connectivity index (χ4n) is 2.27. The minimum atomic E-state index is -0.887. The third kappa shape index (κ3) is 2.89. The molecule has 0 saturated carbocycles. The molecule has 0 aliphatic carbocycles. The van der Waals surface area contributed by atoms with Crippen molar-refractivity contribution >= 4 is 23.4 Å². The van der Waals surface area contributed by atoms with Crippen molar-refractivity contribution in [1.29, 1.82) is 0 Å². The first-order valence-corrected chi connectivity index (χ1v) is 7.85. The number of carbonyl (C=O) groups excluding carboxylic acids is 1. The number of rotatable bonds is 4. The van der Waals surface area contributed by atoms with Crippen LogP contribution in [-0.2, 0) is 0 Å². The van der Waals surface area contributed by atoms with Crippen molar-refractivity contribution in [3.8, 4) is 0 Å². The van der Waals surface area contributed by atoms with Gasteiger partial charge in [0.2, 0.25) is 0 Å². The van der Waals surface area contributed by atoms with Gasteiger partial charge in [0.15, 0.2) is 0 Å². The number of benzene rings is 1. The van der Waals surface area contributed by atoms with Crippen LogP contribution in [-0.4, -0.2) is 45.8 Å². The molecule has 0 radical (unpaired) electrons. The molecule has 1 fully saturated rings. The Bertz CT molecular complexity index is 582. The monoisotopic (exact) mass is 310 g/mol. The number of nitro benzene ring substituents is 1. The fraction of sp³-hybridized carbons (Fsp3) is 0.500. The van der Waals surface area contributed by atoms with Crippen LogP contribution in [0.2, 0.25) is 0 Å². The molecule has 0 aromatic heterocycles. The van der Waals surface area contributed by atoms with E-state index in [1.807, 2.05) is 20.1 Å². The van der Waals surface area contributed by atoms with Crippen LogP contribution in [0.5, 0.6) is 0 Å². The van der Waals surface area contributed by atoms with Crippen LogP contribution < -0.4 is 0 Å². The number of β-amino-alcohol motifs (C(OH)–C–C–N with tert-alkyl or cyclic N) is 1. The first kappa shape index (κ1) is 15.8. The first-order chi connectivity index (χ1) is 9.78. The van der Waals surface area contributed by atoms with Gasteiger partial charge in [0.1, 0.15) is 11.2 Å². The Morgan fingerprint density at radius 2 is 2.10 bits per heavy atom. The topological polar surface area (TPSA) is 83.7 Å². The quantitative estimate of drug-likeness (QED) is 0.523. The molecule has 0 spiro atoms. The Labute approximate surface area is 127 Å². The van der Waals surface area contributed by atoms with E-state index in [1.54, 1.807) is 6.07 Å². The summed E-state index contributed by atoms with van der Waals surface area (Å²) in [4.78, 5) is 25.2. The molecule has 1 N–H and O–H groups in total. The SMILES string of the molecule is CSc1ccc([N+](=O)[O-])c(C(=O)N2CC(O)(C(C)C)C2)c1. The summed E-state index contributed by atoms with van der Waals surface area (Å²) < 4.78 is 0. The van der Waals surface area contributed by atoms with Gasteiger partial charge >= 0.3 is 0 Å². The minimum Gasteiger partial charge on any atom is -0.386 e. The lowest BCUT2D eigenvalue weighted by Gasteiger charge is -2.48. The number of hydrogen-bond acceptors (Lipinski definition) is 5. The highest BCUT2D eigenvalue weighted by atomic mass is 32.2. The Kier molecular flexibility index (Phi) is 4.25. The standard InChI is InChI=1S/C14H18N2O4S/c1-9(2)14(18)7-15(8-14)13(17)11-6-10(21-3)4-5-12(11)16(19)20/h4-6,9,18H,7-8H2,1-3H3. The largest absolute Gasteiger partial charge is 0.386 e. The van der Waals surface area contributed by atoms with Gasteiger partial charge in [-0.25, -0.2) is 0 Å². The predicted molar refractivity (Wildman–Crippen MR) is 80.6 cm³/mol. The van der Waals surface area contributed by atoms with Crippen molar-refractivity contribution in [2.45, 2.75) is 24.3 Å². The second-order valence-corrected chi connectivity index (χ2v) is 6.44. The molecule has 1 aromatic rings. The number of hydrogen-bond donors (Lipinski definition) is 1. The smallest absolute Gasteiger partial charge is 0.282 e. The lowest BCUT2D eigenvalue weighted by Crippen LogP contribution is -2.66. The molecule has 21 heavy (non-hydrogen) atoms. The van der Waals surface area contributed by atoms with Crippen LogP contribution in [0.15, 0.2) is 23.1 Å². The van der Waals surface area contributed by atoms with Crippen molar-refractivity contribution in [3.05, 3.63) is 33.9 Å². The highest BCUT2D eigenvalue weighted by Gasteiger charge is 2.46. The molecule has 1 aromatic carbocycles. The molecule has 1 aliphatic rings. The summed E-state index contributed by atoms with van der Waals surface area (Å²) in [5.41, 5.74) is -1.00. The Balaban J connectivity index is 2.26. The molecule has 2 rings (SSSR count). The molecule has 114 valence electrons. The number of carbonyl (C=O) groups is 1. The molecule has 7 heteroatoms. The minimum absolute atomic E-state index is 0.0362. The zero-order valence-electron chi connectivity index (χ0n) is 12.2. The molecule has 1 amide bonds. The third-order valence-corrected chi connectivity index (χ3v) is 4.65. The Morgan fingerprint density at radius 1 is 1.48 bits per heavy atom. The maximum absolute atomic E-state index is 12.4. The molecule has 1 saturated heterocycles. The van der Waals surface area contributed by atoms with E-state index in [-0.39, 0.29) is 30.3 Å². The van der Waals surface area contributed by atoms with E-state index in [2.05, 4.69) is 0 Å². The van der Waals surface area contributed by atoms with Crippen molar-refractivity contribution < 1.29 is 14.8 Å². The summed E-state index contributed by atoms with van der Waals surface area (Å²) in [5.74, 6) is -0.364. The van der Waals surface area contributed by atoms with Crippen molar-refractivity contribution in [2.24, 2.45) is 5.92 Å². The van der Waals surface area contributed by atoms with E-state index in [0.29, 0.717) is 0 Å². The van der Waals surface area contributed by atoms with Crippen LogP contribution in [0.4, 0.5) is 5.69 Å². The zero-order valence-corrected chi connectivity index (χ0v) is 13.0. The van der Waals surface area contributed by atoms with Gasteiger partial charge in [0, 0.05) is 11.0 Å². The number of thioether (sulfide) groups is 1. The summed E-state index contributed by atoms with van der Waals surface area (Å²) in [5, 5.41) is 21.3. The second-order valence-electron chi connectivity index (χ2n) is 5.56. The molecule has 6 nitrogen and oxygen atoms in total. The molecular weight excluding hydrogens is 292 g/mol. The van der Waals surface area contributed by atoms with E-state index in [4.69, 9.17) is 0 Å². The van der Waals surface area contributed by atoms with Gasteiger partial charge in [0.05, 0.1) is 18.0 Å². The summed E-state index contributed by atoms with van der Waals surface area (Å²) in [7, 11) is 0. The molecule has 1 aliphatic heterocycles. The summed E-state index contributed by atoms with van der Waals surface area (Å²) in [6, 6.07) is 4.52.